The Bertz CT molecular complexity index is 1070. The summed E-state index contributed by atoms with van der Waals surface area (Å²) in [5.41, 5.74) is -0.270. The first kappa shape index (κ1) is 19.2. The topological polar surface area (TPSA) is 72.9 Å². The number of halogens is 3. The summed E-state index contributed by atoms with van der Waals surface area (Å²) in [5, 5.41) is -4.58. The molecule has 2 aromatic rings. The van der Waals surface area contributed by atoms with Gasteiger partial charge >= 0.3 is 15.4 Å². The van der Waals surface area contributed by atoms with Crippen LogP contribution in [0.25, 0.3) is 10.8 Å². The molecule has 10 heteroatoms. The number of amides is 1. The van der Waals surface area contributed by atoms with Crippen LogP contribution in [-0.4, -0.2) is 45.5 Å². The van der Waals surface area contributed by atoms with Crippen LogP contribution in [0.1, 0.15) is 21.5 Å². The first-order valence-electron chi connectivity index (χ1n) is 8.44. The first-order chi connectivity index (χ1) is 13.1. The number of nitrogens with zero attached hydrogens (tertiary/aromatic N) is 1. The molecule has 0 saturated carbocycles. The molecule has 0 bridgehead atoms. The predicted molar refractivity (Wildman–Crippen MR) is 92.8 cm³/mol. The maximum Gasteiger partial charge on any atom is 0.398 e. The van der Waals surface area contributed by atoms with E-state index in [0.29, 0.717) is 31.9 Å². The molecule has 2 aliphatic rings. The number of hydrogen-bond acceptors (Lipinski definition) is 5. The number of carbonyl (C=O) groups is 1. The number of fused-ring (bicyclic) bond motifs is 1. The fourth-order valence-electron chi connectivity index (χ4n) is 3.85. The summed E-state index contributed by atoms with van der Waals surface area (Å²) in [7, 11) is -5.82. The third-order valence-electron chi connectivity index (χ3n) is 5.35. The van der Waals surface area contributed by atoms with Crippen LogP contribution in [0.2, 0.25) is 0 Å². The molecule has 2 saturated heterocycles. The molecule has 0 unspecified atom stereocenters. The zero-order chi connectivity index (χ0) is 20.3. The zero-order valence-corrected chi connectivity index (χ0v) is 15.6. The lowest BCUT2D eigenvalue weighted by atomic mass is 9.77. The highest BCUT2D eigenvalue weighted by atomic mass is 32.2. The molecule has 2 aliphatic heterocycles. The molecular weight excluding hydrogens is 399 g/mol. The Morgan fingerprint density at radius 1 is 1.21 bits per heavy atom. The first-order valence-corrected chi connectivity index (χ1v) is 9.85. The average Bonchev–Trinajstić information content (AvgIpc) is 2.58. The number of alkyl halides is 2. The smallest absolute Gasteiger partial charge is 0.380 e. The van der Waals surface area contributed by atoms with Crippen molar-refractivity contribution in [1.82, 2.24) is 4.90 Å². The largest absolute Gasteiger partial charge is 0.398 e. The van der Waals surface area contributed by atoms with Gasteiger partial charge in [-0.2, -0.15) is 17.2 Å². The molecule has 2 heterocycles. The lowest BCUT2D eigenvalue weighted by molar-refractivity contribution is -0.176. The molecule has 4 rings (SSSR count). The summed E-state index contributed by atoms with van der Waals surface area (Å²) in [5.74, 6) is -0.337. The molecule has 28 heavy (non-hydrogen) atoms. The van der Waals surface area contributed by atoms with Gasteiger partial charge in [0.05, 0.1) is 18.6 Å². The molecule has 0 N–H and O–H groups in total. The summed E-state index contributed by atoms with van der Waals surface area (Å²) in [6.07, 6.45) is 0. The van der Waals surface area contributed by atoms with E-state index in [2.05, 4.69) is 4.39 Å². The van der Waals surface area contributed by atoms with Crippen molar-refractivity contribution < 1.29 is 35.6 Å². The van der Waals surface area contributed by atoms with Gasteiger partial charge in [-0.1, -0.05) is 28.7 Å². The highest BCUT2D eigenvalue weighted by Crippen LogP contribution is 2.42. The standard InChI is InChI=1S/C18H16F3NO5S/c1-11-3-2-4-12-14(18(19,20)28(24,25)27-21)6-5-13(15(11)12)16(23)22-7-17(8-22)9-26-10-17/h2-6H,7-10H2,1H3. The molecule has 0 aliphatic carbocycles. The van der Waals surface area contributed by atoms with Crippen molar-refractivity contribution in [2.24, 2.45) is 5.41 Å². The SMILES string of the molecule is Cc1cccc2c(C(F)(F)S(=O)(=O)OF)ccc(C(=O)N3CC4(COC4)C3)c12. The van der Waals surface area contributed by atoms with E-state index in [0.717, 1.165) is 12.1 Å². The van der Waals surface area contributed by atoms with Gasteiger partial charge in [0, 0.05) is 24.2 Å². The highest BCUT2D eigenvalue weighted by molar-refractivity contribution is 7.87. The Morgan fingerprint density at radius 3 is 2.46 bits per heavy atom. The lowest BCUT2D eigenvalue weighted by Crippen LogP contribution is -2.67. The second-order valence-electron chi connectivity index (χ2n) is 7.35. The maximum absolute atomic E-state index is 14.5. The van der Waals surface area contributed by atoms with Gasteiger partial charge in [0.15, 0.2) is 0 Å². The Balaban J connectivity index is 1.82. The molecule has 0 atom stereocenters. The van der Waals surface area contributed by atoms with Crippen LogP contribution < -0.4 is 0 Å². The van der Waals surface area contributed by atoms with Crippen molar-refractivity contribution in [3.8, 4) is 0 Å². The van der Waals surface area contributed by atoms with Gasteiger partial charge in [-0.05, 0) is 33.9 Å². The fraction of sp³-hybridized carbons (Fsp3) is 0.389. The van der Waals surface area contributed by atoms with Gasteiger partial charge in [-0.25, -0.2) is 0 Å². The number of likely N-dealkylation sites (tertiary alicyclic amines) is 1. The number of rotatable bonds is 4. The highest BCUT2D eigenvalue weighted by Gasteiger charge is 2.52. The van der Waals surface area contributed by atoms with Crippen molar-refractivity contribution >= 4 is 26.8 Å². The van der Waals surface area contributed by atoms with Crippen molar-refractivity contribution in [2.75, 3.05) is 26.3 Å². The van der Waals surface area contributed by atoms with Gasteiger partial charge in [-0.15, -0.1) is 0 Å². The summed E-state index contributed by atoms with van der Waals surface area (Å²) in [4.78, 5) is 14.5. The Labute approximate surface area is 158 Å². The Kier molecular flexibility index (Phi) is 4.22. The van der Waals surface area contributed by atoms with Crippen LogP contribution >= 0.6 is 0 Å². The van der Waals surface area contributed by atoms with Crippen molar-refractivity contribution in [3.63, 3.8) is 0 Å². The van der Waals surface area contributed by atoms with E-state index in [9.17, 15) is 26.5 Å². The second-order valence-corrected chi connectivity index (χ2v) is 8.89. The molecular formula is C18H16F3NO5S. The zero-order valence-electron chi connectivity index (χ0n) is 14.7. The molecule has 0 aromatic heterocycles. The number of aryl methyl sites for hydroxylation is 1. The van der Waals surface area contributed by atoms with Crippen LogP contribution in [0.5, 0.6) is 0 Å². The van der Waals surface area contributed by atoms with Gasteiger partial charge < -0.3 is 9.64 Å². The van der Waals surface area contributed by atoms with E-state index < -0.39 is 20.9 Å². The fourth-order valence-corrected chi connectivity index (χ4v) is 4.37. The minimum absolute atomic E-state index is 0.0139. The van der Waals surface area contributed by atoms with E-state index in [1.165, 1.54) is 12.1 Å². The van der Waals surface area contributed by atoms with Crippen molar-refractivity contribution in [2.45, 2.75) is 12.2 Å². The van der Waals surface area contributed by atoms with Crippen molar-refractivity contribution in [1.29, 1.82) is 0 Å². The minimum Gasteiger partial charge on any atom is -0.380 e. The monoisotopic (exact) mass is 415 g/mol. The van der Waals surface area contributed by atoms with E-state index in [4.69, 9.17) is 4.74 Å². The predicted octanol–water partition coefficient (Wildman–Crippen LogP) is 2.90. The number of hydrogen-bond donors (Lipinski definition) is 0. The molecule has 1 amide bonds. The van der Waals surface area contributed by atoms with E-state index in [-0.39, 0.29) is 27.7 Å². The lowest BCUT2D eigenvalue weighted by Gasteiger charge is -2.55. The maximum atomic E-state index is 14.5. The molecule has 1 spiro atoms. The van der Waals surface area contributed by atoms with Gasteiger partial charge in [0.25, 0.3) is 5.91 Å². The number of ether oxygens (including phenoxy) is 1. The second kappa shape index (κ2) is 6.16. The van der Waals surface area contributed by atoms with Crippen LogP contribution in [0, 0.1) is 12.3 Å². The summed E-state index contributed by atoms with van der Waals surface area (Å²) >= 11 is 0. The number of benzene rings is 2. The van der Waals surface area contributed by atoms with E-state index >= 15 is 0 Å². The summed E-state index contributed by atoms with van der Waals surface area (Å²) in [6, 6.07) is 6.33. The molecule has 0 radical (unpaired) electrons. The normalized spacial score (nSPS) is 18.8. The Morgan fingerprint density at radius 2 is 1.89 bits per heavy atom. The van der Waals surface area contributed by atoms with Gasteiger partial charge in [0.1, 0.15) is 0 Å². The van der Waals surface area contributed by atoms with Crippen LogP contribution in [0.4, 0.5) is 13.3 Å². The van der Waals surface area contributed by atoms with Gasteiger partial charge in [0.2, 0.25) is 0 Å². The third kappa shape index (κ3) is 2.62. The Hall–Kier alpha value is -2.17. The summed E-state index contributed by atoms with van der Waals surface area (Å²) < 4.78 is 71.7. The quantitative estimate of drug-likeness (QED) is 0.768. The van der Waals surface area contributed by atoms with Crippen LogP contribution in [0.3, 0.4) is 0 Å². The number of carbonyl (C=O) groups excluding carboxylic acids is 1. The summed E-state index contributed by atoms with van der Waals surface area (Å²) in [6.45, 7) is 3.83. The molecule has 6 nitrogen and oxygen atoms in total. The average molecular weight is 415 g/mol. The van der Waals surface area contributed by atoms with E-state index in [1.807, 2.05) is 0 Å². The molecule has 150 valence electrons. The van der Waals surface area contributed by atoms with Gasteiger partial charge in [-0.3, -0.25) is 4.79 Å². The molecule has 2 fully saturated rings. The van der Waals surface area contributed by atoms with E-state index in [1.54, 1.807) is 17.9 Å². The third-order valence-corrected chi connectivity index (χ3v) is 6.36. The van der Waals surface area contributed by atoms with Crippen molar-refractivity contribution in [3.05, 3.63) is 47.0 Å². The van der Waals surface area contributed by atoms with Crippen LogP contribution in [-0.2, 0) is 24.5 Å². The van der Waals surface area contributed by atoms with Crippen LogP contribution in [0.15, 0.2) is 30.3 Å². The molecule has 2 aromatic carbocycles. The minimum atomic E-state index is -5.82.